The lowest BCUT2D eigenvalue weighted by Crippen LogP contribution is -2.46. The Hall–Kier alpha value is -1.92. The van der Waals surface area contributed by atoms with Crippen molar-refractivity contribution in [2.75, 3.05) is 39.9 Å². The highest BCUT2D eigenvalue weighted by atomic mass is 32.2. The first-order valence-corrected chi connectivity index (χ1v) is 11.4. The van der Waals surface area contributed by atoms with Crippen LogP contribution in [0.4, 0.5) is 4.79 Å². The molecule has 0 radical (unpaired) electrons. The van der Waals surface area contributed by atoms with Crippen LogP contribution < -0.4 is 14.8 Å². The Morgan fingerprint density at radius 2 is 2.13 bits per heavy atom. The molecule has 2 fully saturated rings. The fraction of sp³-hybridized carbons (Fsp3) is 0.632. The highest BCUT2D eigenvalue weighted by Gasteiger charge is 2.43. The summed E-state index contributed by atoms with van der Waals surface area (Å²) in [5.41, 5.74) is -0.287. The molecular weight excluding hydrogens is 414 g/mol. The van der Waals surface area contributed by atoms with E-state index in [9.17, 15) is 18.3 Å². The average Bonchev–Trinajstić information content (AvgIpc) is 3.13. The smallest absolute Gasteiger partial charge is 0.407 e. The lowest BCUT2D eigenvalue weighted by molar-refractivity contribution is -0.0395. The van der Waals surface area contributed by atoms with E-state index in [1.54, 1.807) is 12.1 Å². The van der Waals surface area contributed by atoms with Gasteiger partial charge in [0.05, 0.1) is 17.1 Å². The normalized spacial score (nSPS) is 22.2. The molecule has 2 aliphatic heterocycles. The van der Waals surface area contributed by atoms with Crippen molar-refractivity contribution >= 4 is 16.1 Å². The van der Waals surface area contributed by atoms with E-state index in [0.29, 0.717) is 44.8 Å². The third-order valence-electron chi connectivity index (χ3n) is 5.62. The zero-order valence-electron chi connectivity index (χ0n) is 16.9. The molecule has 1 spiro atoms. The molecule has 4 N–H and O–H groups in total. The molecule has 1 amide bonds. The van der Waals surface area contributed by atoms with Gasteiger partial charge in [-0.3, -0.25) is 0 Å². The predicted octanol–water partition coefficient (Wildman–Crippen LogP) is 0.226. The van der Waals surface area contributed by atoms with Gasteiger partial charge in [-0.15, -0.1) is 0 Å². The summed E-state index contributed by atoms with van der Waals surface area (Å²) < 4.78 is 37.5. The highest BCUT2D eigenvalue weighted by Crippen LogP contribution is 2.35. The maximum absolute atomic E-state index is 11.9. The van der Waals surface area contributed by atoms with E-state index in [4.69, 9.17) is 14.6 Å². The third kappa shape index (κ3) is 5.61. The minimum atomic E-state index is -3.56. The van der Waals surface area contributed by atoms with Crippen LogP contribution in [0.25, 0.3) is 0 Å². The topological polar surface area (TPSA) is 137 Å². The molecule has 0 bridgehead atoms. The molecule has 168 valence electrons. The summed E-state index contributed by atoms with van der Waals surface area (Å²) in [5, 5.41) is 22.6. The summed E-state index contributed by atoms with van der Waals surface area (Å²) >= 11 is 0. The number of hydrogen-bond donors (Lipinski definition) is 4. The molecule has 0 aliphatic carbocycles. The summed E-state index contributed by atoms with van der Waals surface area (Å²) in [5.74, 6) is 0.360. The fourth-order valence-corrected chi connectivity index (χ4v) is 4.60. The number of likely N-dealkylation sites (tertiary alicyclic amines) is 1. The first-order chi connectivity index (χ1) is 14.2. The standard InChI is InChI=1S/C19H29N3O7S/c1-20-30(26,27)17-4-2-3-16(9-17)28-13-15(23)11-21-14-10-19(29-12-14)5-7-22(8-6-19)18(24)25/h2-4,9,14-15,20-21,23H,5-8,10-13H2,1H3,(H,24,25). The Morgan fingerprint density at radius 3 is 2.80 bits per heavy atom. The van der Waals surface area contributed by atoms with Crippen LogP contribution in [-0.4, -0.2) is 87.3 Å². The van der Waals surface area contributed by atoms with E-state index in [1.165, 1.54) is 24.1 Å². The number of piperidine rings is 1. The first kappa shape index (κ1) is 22.8. The summed E-state index contributed by atoms with van der Waals surface area (Å²) in [4.78, 5) is 12.6. The summed E-state index contributed by atoms with van der Waals surface area (Å²) in [7, 11) is -2.22. The Balaban J connectivity index is 1.41. The van der Waals surface area contributed by atoms with Crippen molar-refractivity contribution in [2.45, 2.75) is 41.9 Å². The largest absolute Gasteiger partial charge is 0.491 e. The number of benzene rings is 1. The van der Waals surface area contributed by atoms with Gasteiger partial charge in [-0.05, 0) is 38.4 Å². The number of nitrogens with one attached hydrogen (secondary N) is 2. The van der Waals surface area contributed by atoms with Crippen molar-refractivity contribution in [3.05, 3.63) is 24.3 Å². The van der Waals surface area contributed by atoms with Crippen LogP contribution in [0, 0.1) is 0 Å². The van der Waals surface area contributed by atoms with E-state index in [2.05, 4.69) is 10.0 Å². The van der Waals surface area contributed by atoms with Crippen molar-refractivity contribution in [2.24, 2.45) is 0 Å². The summed E-state index contributed by atoms with van der Waals surface area (Å²) in [6, 6.07) is 6.17. The zero-order valence-corrected chi connectivity index (χ0v) is 17.7. The molecule has 2 saturated heterocycles. The second kappa shape index (κ2) is 9.48. The van der Waals surface area contributed by atoms with Gasteiger partial charge in [0, 0.05) is 31.7 Å². The zero-order chi connectivity index (χ0) is 21.8. The number of rotatable bonds is 8. The van der Waals surface area contributed by atoms with Crippen molar-refractivity contribution in [1.82, 2.24) is 14.9 Å². The molecular formula is C19H29N3O7S. The number of nitrogens with zero attached hydrogens (tertiary/aromatic N) is 1. The lowest BCUT2D eigenvalue weighted by Gasteiger charge is -2.37. The minimum Gasteiger partial charge on any atom is -0.491 e. The van der Waals surface area contributed by atoms with Crippen LogP contribution in [0.3, 0.4) is 0 Å². The molecule has 1 aromatic rings. The number of aliphatic hydroxyl groups is 1. The second-order valence-electron chi connectivity index (χ2n) is 7.72. The minimum absolute atomic E-state index is 0.0162. The van der Waals surface area contributed by atoms with Crippen LogP contribution in [0.5, 0.6) is 5.75 Å². The van der Waals surface area contributed by atoms with Gasteiger partial charge >= 0.3 is 6.09 Å². The van der Waals surface area contributed by atoms with Gasteiger partial charge in [-0.25, -0.2) is 17.9 Å². The Kier molecular flexibility index (Phi) is 7.19. The molecule has 2 heterocycles. The Bertz CT molecular complexity index is 840. The average molecular weight is 444 g/mol. The van der Waals surface area contributed by atoms with Crippen molar-refractivity contribution in [3.8, 4) is 5.75 Å². The summed E-state index contributed by atoms with van der Waals surface area (Å²) in [6.07, 6.45) is 0.455. The van der Waals surface area contributed by atoms with Gasteiger partial charge < -0.3 is 29.9 Å². The van der Waals surface area contributed by atoms with Gasteiger partial charge in [0.2, 0.25) is 10.0 Å². The van der Waals surface area contributed by atoms with Crippen LogP contribution in [0.15, 0.2) is 29.2 Å². The van der Waals surface area contributed by atoms with Crippen molar-refractivity contribution in [1.29, 1.82) is 0 Å². The monoisotopic (exact) mass is 443 g/mol. The number of carboxylic acid groups (broad SMARTS) is 1. The predicted molar refractivity (Wildman–Crippen MR) is 108 cm³/mol. The maximum Gasteiger partial charge on any atom is 0.407 e. The van der Waals surface area contributed by atoms with Crippen LogP contribution in [-0.2, 0) is 14.8 Å². The molecule has 1 aromatic carbocycles. The maximum atomic E-state index is 11.9. The van der Waals surface area contributed by atoms with Crippen LogP contribution >= 0.6 is 0 Å². The molecule has 10 nitrogen and oxygen atoms in total. The Labute approximate surface area is 176 Å². The van der Waals surface area contributed by atoms with Gasteiger partial charge in [0.15, 0.2) is 0 Å². The van der Waals surface area contributed by atoms with Gasteiger partial charge in [0.25, 0.3) is 0 Å². The van der Waals surface area contributed by atoms with Gasteiger partial charge in [0.1, 0.15) is 18.5 Å². The van der Waals surface area contributed by atoms with Crippen molar-refractivity contribution < 1.29 is 32.9 Å². The molecule has 3 rings (SSSR count). The molecule has 0 aromatic heterocycles. The van der Waals surface area contributed by atoms with Gasteiger partial charge in [-0.2, -0.15) is 0 Å². The molecule has 2 atom stereocenters. The first-order valence-electron chi connectivity index (χ1n) is 9.93. The molecule has 11 heteroatoms. The summed E-state index contributed by atoms with van der Waals surface area (Å²) in [6.45, 7) is 1.79. The molecule has 2 aliphatic rings. The van der Waals surface area contributed by atoms with Crippen molar-refractivity contribution in [3.63, 3.8) is 0 Å². The third-order valence-corrected chi connectivity index (χ3v) is 7.04. The molecule has 0 saturated carbocycles. The number of amides is 1. The van der Waals surface area contributed by atoms with E-state index in [0.717, 1.165) is 6.42 Å². The lowest BCUT2D eigenvalue weighted by atomic mass is 9.87. The number of sulfonamides is 1. The number of carbonyl (C=O) groups is 1. The number of ether oxygens (including phenoxy) is 2. The highest BCUT2D eigenvalue weighted by molar-refractivity contribution is 7.89. The van der Waals surface area contributed by atoms with E-state index in [-0.39, 0.29) is 23.1 Å². The second-order valence-corrected chi connectivity index (χ2v) is 9.61. The SMILES string of the molecule is CNS(=O)(=O)c1cccc(OCC(O)CNC2COC3(CCN(C(=O)O)CC3)C2)c1. The van der Waals surface area contributed by atoms with E-state index >= 15 is 0 Å². The number of hydrogen-bond acceptors (Lipinski definition) is 7. The Morgan fingerprint density at radius 1 is 1.40 bits per heavy atom. The quantitative estimate of drug-likeness (QED) is 0.448. The van der Waals surface area contributed by atoms with Gasteiger partial charge in [-0.1, -0.05) is 6.07 Å². The van der Waals surface area contributed by atoms with Crippen LogP contribution in [0.2, 0.25) is 0 Å². The van der Waals surface area contributed by atoms with E-state index < -0.39 is 22.2 Å². The fourth-order valence-electron chi connectivity index (χ4n) is 3.83. The molecule has 2 unspecified atom stereocenters. The molecule has 30 heavy (non-hydrogen) atoms. The number of aliphatic hydroxyl groups excluding tert-OH is 1. The van der Waals surface area contributed by atoms with Crippen LogP contribution in [0.1, 0.15) is 19.3 Å². The van der Waals surface area contributed by atoms with E-state index in [1.807, 2.05) is 0 Å².